The van der Waals surface area contributed by atoms with Crippen molar-refractivity contribution in [2.24, 2.45) is 0 Å². The van der Waals surface area contributed by atoms with Crippen molar-refractivity contribution in [1.29, 1.82) is 0 Å². The minimum Gasteiger partial charge on any atom is -0.356 e. The Labute approximate surface area is 98.3 Å². The summed E-state index contributed by atoms with van der Waals surface area (Å²) in [7, 11) is 1.79. The molecule has 0 aliphatic heterocycles. The Kier molecular flexibility index (Phi) is 3.40. The maximum Gasteiger partial charge on any atom is 0.243 e. The lowest BCUT2D eigenvalue weighted by atomic mass is 10.3. The van der Waals surface area contributed by atoms with E-state index in [1.807, 2.05) is 11.3 Å². The van der Waals surface area contributed by atoms with Gasteiger partial charge in [-0.15, -0.1) is 16.4 Å². The standard InChI is InChI=1S/C10H15N5S/c1-7-3-4-8(16-7)5-6-12-10-13-9(11-2)14-15-10/h3-4H,5-6H2,1-2H3,(H3,11,12,13,14,15). The predicted molar refractivity (Wildman–Crippen MR) is 67.2 cm³/mol. The predicted octanol–water partition coefficient (Wildman–Crippen LogP) is 1.87. The number of nitrogens with zero attached hydrogens (tertiary/aromatic N) is 2. The molecule has 5 nitrogen and oxygen atoms in total. The fourth-order valence-corrected chi connectivity index (χ4v) is 2.27. The van der Waals surface area contributed by atoms with Crippen molar-refractivity contribution in [3.8, 4) is 0 Å². The average molecular weight is 237 g/mol. The Morgan fingerprint density at radius 2 is 2.31 bits per heavy atom. The van der Waals surface area contributed by atoms with Crippen molar-refractivity contribution in [3.63, 3.8) is 0 Å². The van der Waals surface area contributed by atoms with Crippen molar-refractivity contribution < 1.29 is 0 Å². The van der Waals surface area contributed by atoms with E-state index in [-0.39, 0.29) is 0 Å². The lowest BCUT2D eigenvalue weighted by molar-refractivity contribution is 1.000. The number of aromatic nitrogens is 3. The van der Waals surface area contributed by atoms with Crippen molar-refractivity contribution in [3.05, 3.63) is 21.9 Å². The third-order valence-electron chi connectivity index (χ3n) is 2.17. The van der Waals surface area contributed by atoms with E-state index in [4.69, 9.17) is 0 Å². The summed E-state index contributed by atoms with van der Waals surface area (Å²) in [6.07, 6.45) is 1.01. The summed E-state index contributed by atoms with van der Waals surface area (Å²) in [4.78, 5) is 6.92. The first-order valence-electron chi connectivity index (χ1n) is 5.17. The summed E-state index contributed by atoms with van der Waals surface area (Å²) in [5.41, 5.74) is 0. The van der Waals surface area contributed by atoms with Gasteiger partial charge < -0.3 is 10.6 Å². The number of aryl methyl sites for hydroxylation is 1. The number of thiophene rings is 1. The topological polar surface area (TPSA) is 65.6 Å². The largest absolute Gasteiger partial charge is 0.356 e. The summed E-state index contributed by atoms with van der Waals surface area (Å²) >= 11 is 1.83. The number of rotatable bonds is 5. The molecule has 2 aromatic heterocycles. The van der Waals surface area contributed by atoms with Crippen molar-refractivity contribution in [1.82, 2.24) is 15.2 Å². The van der Waals surface area contributed by atoms with Crippen molar-refractivity contribution in [2.75, 3.05) is 24.2 Å². The van der Waals surface area contributed by atoms with Crippen LogP contribution in [0.2, 0.25) is 0 Å². The van der Waals surface area contributed by atoms with Gasteiger partial charge in [0.2, 0.25) is 11.9 Å². The second-order valence-corrected chi connectivity index (χ2v) is 4.82. The Hall–Kier alpha value is -1.56. The highest BCUT2D eigenvalue weighted by Gasteiger charge is 2.00. The highest BCUT2D eigenvalue weighted by molar-refractivity contribution is 7.11. The molecule has 3 N–H and O–H groups in total. The fourth-order valence-electron chi connectivity index (χ4n) is 1.38. The van der Waals surface area contributed by atoms with Crippen LogP contribution >= 0.6 is 11.3 Å². The van der Waals surface area contributed by atoms with E-state index >= 15 is 0 Å². The molecular formula is C10H15N5S. The highest BCUT2D eigenvalue weighted by atomic mass is 32.1. The SMILES string of the molecule is CNc1n[nH]c(NCCc2ccc(C)s2)n1. The van der Waals surface area contributed by atoms with E-state index < -0.39 is 0 Å². The molecule has 6 heteroatoms. The molecule has 0 saturated heterocycles. The van der Waals surface area contributed by atoms with Crippen molar-refractivity contribution in [2.45, 2.75) is 13.3 Å². The molecule has 0 saturated carbocycles. The van der Waals surface area contributed by atoms with E-state index in [2.05, 4.69) is 44.9 Å². The van der Waals surface area contributed by atoms with Gasteiger partial charge in [0.15, 0.2) is 0 Å². The first kappa shape index (κ1) is 10.9. The van der Waals surface area contributed by atoms with Crippen LogP contribution in [0.3, 0.4) is 0 Å². The zero-order valence-electron chi connectivity index (χ0n) is 9.37. The van der Waals surface area contributed by atoms with Crippen LogP contribution in [0.25, 0.3) is 0 Å². The monoisotopic (exact) mass is 237 g/mol. The fraction of sp³-hybridized carbons (Fsp3) is 0.400. The summed E-state index contributed by atoms with van der Waals surface area (Å²) < 4.78 is 0. The van der Waals surface area contributed by atoms with E-state index in [0.29, 0.717) is 11.9 Å². The first-order chi connectivity index (χ1) is 7.78. The van der Waals surface area contributed by atoms with Crippen LogP contribution in [0.1, 0.15) is 9.75 Å². The molecule has 2 heterocycles. The van der Waals surface area contributed by atoms with Gasteiger partial charge in [0, 0.05) is 23.3 Å². The molecule has 0 amide bonds. The Morgan fingerprint density at radius 3 is 2.94 bits per heavy atom. The van der Waals surface area contributed by atoms with Crippen LogP contribution in [0.15, 0.2) is 12.1 Å². The van der Waals surface area contributed by atoms with Crippen LogP contribution in [0.5, 0.6) is 0 Å². The van der Waals surface area contributed by atoms with Crippen LogP contribution < -0.4 is 10.6 Å². The number of hydrogen-bond donors (Lipinski definition) is 3. The normalized spacial score (nSPS) is 10.4. The maximum absolute atomic E-state index is 4.18. The number of aromatic amines is 1. The molecule has 2 aromatic rings. The first-order valence-corrected chi connectivity index (χ1v) is 5.99. The second kappa shape index (κ2) is 4.98. The Morgan fingerprint density at radius 1 is 1.44 bits per heavy atom. The minimum atomic E-state index is 0.606. The number of H-pyrrole nitrogens is 1. The Balaban J connectivity index is 1.79. The minimum absolute atomic E-state index is 0.606. The van der Waals surface area contributed by atoms with E-state index in [1.54, 1.807) is 7.05 Å². The van der Waals surface area contributed by atoms with E-state index in [0.717, 1.165) is 13.0 Å². The smallest absolute Gasteiger partial charge is 0.243 e. The van der Waals surface area contributed by atoms with Gasteiger partial charge in [0.05, 0.1) is 0 Å². The summed E-state index contributed by atoms with van der Waals surface area (Å²) in [5, 5.41) is 12.8. The van der Waals surface area contributed by atoms with Crippen LogP contribution in [-0.2, 0) is 6.42 Å². The summed E-state index contributed by atoms with van der Waals surface area (Å²) in [6.45, 7) is 2.98. The average Bonchev–Trinajstić information content (AvgIpc) is 2.88. The van der Waals surface area contributed by atoms with Gasteiger partial charge in [-0.05, 0) is 25.5 Å². The van der Waals surface area contributed by atoms with Crippen LogP contribution in [0, 0.1) is 6.92 Å². The van der Waals surface area contributed by atoms with E-state index in [1.165, 1.54) is 9.75 Å². The molecule has 2 rings (SSSR count). The molecule has 0 spiro atoms. The Bertz CT molecular complexity index is 448. The van der Waals surface area contributed by atoms with Gasteiger partial charge in [-0.25, -0.2) is 5.10 Å². The van der Waals surface area contributed by atoms with Crippen molar-refractivity contribution >= 4 is 23.2 Å². The molecule has 0 atom stereocenters. The maximum atomic E-state index is 4.18. The number of nitrogens with one attached hydrogen (secondary N) is 3. The third kappa shape index (κ3) is 2.73. The molecule has 16 heavy (non-hydrogen) atoms. The zero-order valence-corrected chi connectivity index (χ0v) is 10.2. The third-order valence-corrected chi connectivity index (χ3v) is 3.23. The van der Waals surface area contributed by atoms with E-state index in [9.17, 15) is 0 Å². The molecule has 0 bridgehead atoms. The second-order valence-electron chi connectivity index (χ2n) is 3.45. The quantitative estimate of drug-likeness (QED) is 0.742. The lowest BCUT2D eigenvalue weighted by Crippen LogP contribution is -2.05. The summed E-state index contributed by atoms with van der Waals surface area (Å²) in [6, 6.07) is 4.31. The lowest BCUT2D eigenvalue weighted by Gasteiger charge is -1.99. The molecular weight excluding hydrogens is 222 g/mol. The molecule has 0 aromatic carbocycles. The zero-order chi connectivity index (χ0) is 11.4. The summed E-state index contributed by atoms with van der Waals surface area (Å²) in [5.74, 6) is 1.31. The number of anilines is 2. The van der Waals surface area contributed by atoms with Gasteiger partial charge in [-0.2, -0.15) is 4.98 Å². The molecule has 0 aliphatic rings. The van der Waals surface area contributed by atoms with Gasteiger partial charge in [0.1, 0.15) is 0 Å². The molecule has 86 valence electrons. The van der Waals surface area contributed by atoms with Gasteiger partial charge in [0.25, 0.3) is 0 Å². The molecule has 0 radical (unpaired) electrons. The van der Waals surface area contributed by atoms with Crippen LogP contribution in [0.4, 0.5) is 11.9 Å². The number of hydrogen-bond acceptors (Lipinski definition) is 5. The van der Waals surface area contributed by atoms with Gasteiger partial charge >= 0.3 is 0 Å². The molecule has 0 fully saturated rings. The molecule has 0 aliphatic carbocycles. The van der Waals surface area contributed by atoms with Gasteiger partial charge in [-0.1, -0.05) is 0 Å². The van der Waals surface area contributed by atoms with Crippen LogP contribution in [-0.4, -0.2) is 28.8 Å². The molecule has 0 unspecified atom stereocenters. The highest BCUT2D eigenvalue weighted by Crippen LogP contribution is 2.15. The van der Waals surface area contributed by atoms with Gasteiger partial charge in [-0.3, -0.25) is 0 Å².